The second kappa shape index (κ2) is 5.86. The number of para-hydroxylation sites is 1. The van der Waals surface area contributed by atoms with E-state index in [0.29, 0.717) is 0 Å². The van der Waals surface area contributed by atoms with Crippen molar-refractivity contribution in [1.82, 2.24) is 0 Å². The van der Waals surface area contributed by atoms with Crippen LogP contribution in [-0.4, -0.2) is 51.5 Å². The fourth-order valence-corrected chi connectivity index (χ4v) is 0.860. The summed E-state index contributed by atoms with van der Waals surface area (Å²) in [7, 11) is -2.01. The summed E-state index contributed by atoms with van der Waals surface area (Å²) < 4.78 is 4.44. The number of carboxylic acids is 1. The van der Waals surface area contributed by atoms with Crippen LogP contribution in [0.3, 0.4) is 0 Å². The molecule has 0 heterocycles. The molecule has 0 spiro atoms. The molecule has 0 fully saturated rings. The number of hydrogen-bond acceptors (Lipinski definition) is 4. The van der Waals surface area contributed by atoms with Gasteiger partial charge in [0, 0.05) is 0 Å². The van der Waals surface area contributed by atoms with E-state index in [0.717, 1.165) is 0 Å². The largest absolute Gasteiger partial charge is 2.00 e. The van der Waals surface area contributed by atoms with E-state index in [4.69, 9.17) is 15.2 Å². The van der Waals surface area contributed by atoms with E-state index in [-0.39, 0.29) is 37.2 Å². The van der Waals surface area contributed by atoms with Gasteiger partial charge in [-0.15, -0.1) is 0 Å². The summed E-state index contributed by atoms with van der Waals surface area (Å²) in [5.74, 6) is -1.26. The fourth-order valence-electron chi connectivity index (χ4n) is 0.860. The third kappa shape index (κ3) is 3.54. The predicted molar refractivity (Wildman–Crippen MR) is 52.2 cm³/mol. The molecule has 1 rings (SSSR count). The van der Waals surface area contributed by atoms with Crippen LogP contribution in [0.2, 0.25) is 0 Å². The summed E-state index contributed by atoms with van der Waals surface area (Å²) >= 11 is 0. The predicted octanol–water partition coefficient (Wildman–Crippen LogP) is -0.423. The Morgan fingerprint density at radius 2 is 1.93 bits per heavy atom. The van der Waals surface area contributed by atoms with Crippen molar-refractivity contribution in [3.63, 3.8) is 0 Å². The van der Waals surface area contributed by atoms with Crippen LogP contribution >= 0.6 is 0 Å². The maximum absolute atomic E-state index is 10.6. The molecular weight excluding hydrogens is 199 g/mol. The molecule has 72 valence electrons. The summed E-state index contributed by atoms with van der Waals surface area (Å²) in [5.41, 5.74) is -0.115. The van der Waals surface area contributed by atoms with Crippen LogP contribution in [0.15, 0.2) is 24.3 Å². The standard InChI is InChI=1S/C7H7BO5.Mg.2H/c9-7(10)5-3-1-2-4-6(5)13-8(11)12;;;/h1-4,11-12H,(H,9,10);;;/q;+2;2*-1. The van der Waals surface area contributed by atoms with Gasteiger partial charge >= 0.3 is 36.3 Å². The molecule has 0 radical (unpaired) electrons. The third-order valence-corrected chi connectivity index (χ3v) is 1.35. The van der Waals surface area contributed by atoms with Crippen LogP contribution in [0, 0.1) is 0 Å². The Bertz CT molecular complexity index is 325. The third-order valence-electron chi connectivity index (χ3n) is 1.35. The van der Waals surface area contributed by atoms with Crippen molar-refractivity contribution in [3.8, 4) is 5.75 Å². The molecule has 0 aliphatic carbocycles. The van der Waals surface area contributed by atoms with Crippen LogP contribution in [0.5, 0.6) is 5.75 Å². The van der Waals surface area contributed by atoms with Crippen LogP contribution in [0.4, 0.5) is 0 Å². The Balaban J connectivity index is -0.000000563. The summed E-state index contributed by atoms with van der Waals surface area (Å²) in [6.07, 6.45) is 0. The van der Waals surface area contributed by atoms with Gasteiger partial charge in [0.15, 0.2) is 0 Å². The number of carbonyl (C=O) groups is 1. The monoisotopic (exact) mass is 208 g/mol. The Labute approximate surface area is 99.6 Å². The molecule has 0 aliphatic heterocycles. The first kappa shape index (κ1) is 13.2. The van der Waals surface area contributed by atoms with Crippen LogP contribution in [0.25, 0.3) is 0 Å². The number of aromatic carboxylic acids is 1. The molecule has 0 bridgehead atoms. The van der Waals surface area contributed by atoms with Gasteiger partial charge in [0.2, 0.25) is 0 Å². The van der Waals surface area contributed by atoms with Gasteiger partial charge in [0.05, 0.1) is 5.56 Å². The summed E-state index contributed by atoms with van der Waals surface area (Å²) in [5, 5.41) is 25.5. The van der Waals surface area contributed by atoms with E-state index in [1.54, 1.807) is 0 Å². The van der Waals surface area contributed by atoms with Gasteiger partial charge in [-0.05, 0) is 12.1 Å². The van der Waals surface area contributed by atoms with Gasteiger partial charge in [-0.2, -0.15) is 0 Å². The number of hydrogen-bond donors (Lipinski definition) is 3. The molecule has 3 N–H and O–H groups in total. The Morgan fingerprint density at radius 3 is 2.43 bits per heavy atom. The molecule has 0 aliphatic rings. The minimum Gasteiger partial charge on any atom is -1.00 e. The molecule has 0 saturated carbocycles. The first-order valence-corrected chi connectivity index (χ1v) is 3.46. The zero-order chi connectivity index (χ0) is 9.84. The second-order valence-electron chi connectivity index (χ2n) is 2.25. The van der Waals surface area contributed by atoms with Gasteiger partial charge < -0.3 is 22.7 Å². The van der Waals surface area contributed by atoms with Crippen molar-refractivity contribution >= 4 is 36.3 Å². The van der Waals surface area contributed by atoms with E-state index in [1.807, 2.05) is 0 Å². The molecule has 0 unspecified atom stereocenters. The Morgan fingerprint density at radius 1 is 1.36 bits per heavy atom. The molecular formula is C7H9BMgO5. The first-order valence-electron chi connectivity index (χ1n) is 3.46. The average Bonchev–Trinajstić information content (AvgIpc) is 2.03. The van der Waals surface area contributed by atoms with Gasteiger partial charge in [-0.3, -0.25) is 0 Å². The topological polar surface area (TPSA) is 87.0 Å². The number of rotatable bonds is 3. The van der Waals surface area contributed by atoms with Gasteiger partial charge in [-0.25, -0.2) is 4.79 Å². The minimum atomic E-state index is -2.01. The normalized spacial score (nSPS) is 8.71. The van der Waals surface area contributed by atoms with Crippen molar-refractivity contribution in [2.45, 2.75) is 0 Å². The molecule has 0 atom stereocenters. The SMILES string of the molecule is O=C(O)c1ccccc1OB(O)O.[H-].[H-].[Mg+2]. The van der Waals surface area contributed by atoms with Gasteiger partial charge in [-0.1, -0.05) is 12.1 Å². The smallest absolute Gasteiger partial charge is 1.00 e. The van der Waals surface area contributed by atoms with Gasteiger partial charge in [0.25, 0.3) is 0 Å². The number of carboxylic acid groups (broad SMARTS) is 1. The minimum absolute atomic E-state index is 0. The van der Waals surface area contributed by atoms with E-state index >= 15 is 0 Å². The zero-order valence-electron chi connectivity index (χ0n) is 9.25. The summed E-state index contributed by atoms with van der Waals surface area (Å²) in [6, 6.07) is 5.69. The molecule has 5 nitrogen and oxygen atoms in total. The first-order chi connectivity index (χ1) is 6.11. The van der Waals surface area contributed by atoms with Crippen LogP contribution in [-0.2, 0) is 0 Å². The van der Waals surface area contributed by atoms with Crippen molar-refractivity contribution in [3.05, 3.63) is 29.8 Å². The van der Waals surface area contributed by atoms with Gasteiger partial charge in [0.1, 0.15) is 5.75 Å². The van der Waals surface area contributed by atoms with E-state index in [1.165, 1.54) is 24.3 Å². The summed E-state index contributed by atoms with van der Waals surface area (Å²) in [6.45, 7) is 0. The molecule has 7 heteroatoms. The summed E-state index contributed by atoms with van der Waals surface area (Å²) in [4.78, 5) is 10.6. The average molecular weight is 208 g/mol. The molecule has 1 aromatic rings. The van der Waals surface area contributed by atoms with E-state index in [2.05, 4.69) is 4.65 Å². The molecule has 14 heavy (non-hydrogen) atoms. The zero-order valence-corrected chi connectivity index (χ0v) is 8.67. The van der Waals surface area contributed by atoms with E-state index in [9.17, 15) is 4.79 Å². The van der Waals surface area contributed by atoms with Crippen molar-refractivity contribution in [2.75, 3.05) is 0 Å². The Hall–Kier alpha value is -0.759. The van der Waals surface area contributed by atoms with Crippen LogP contribution in [0.1, 0.15) is 13.2 Å². The van der Waals surface area contributed by atoms with Crippen molar-refractivity contribution < 1.29 is 27.5 Å². The second-order valence-corrected chi connectivity index (χ2v) is 2.25. The Kier molecular flexibility index (Phi) is 5.55. The fraction of sp³-hybridized carbons (Fsp3) is 0. The van der Waals surface area contributed by atoms with Crippen LogP contribution < -0.4 is 4.65 Å². The maximum Gasteiger partial charge on any atom is 2.00 e. The maximum atomic E-state index is 10.6. The van der Waals surface area contributed by atoms with Crippen molar-refractivity contribution in [1.29, 1.82) is 0 Å². The quantitative estimate of drug-likeness (QED) is 0.587. The molecule has 1 aromatic carbocycles. The molecule has 0 saturated heterocycles. The molecule has 0 amide bonds. The number of benzene rings is 1. The van der Waals surface area contributed by atoms with E-state index < -0.39 is 13.3 Å². The molecule has 0 aromatic heterocycles. The van der Waals surface area contributed by atoms with Crippen molar-refractivity contribution in [2.24, 2.45) is 0 Å².